The molecule has 0 radical (unpaired) electrons. The van der Waals surface area contributed by atoms with E-state index in [1.165, 1.54) is 0 Å². The molecule has 0 bridgehead atoms. The van der Waals surface area contributed by atoms with Crippen LogP contribution < -0.4 is 10.6 Å². The molecule has 2 atom stereocenters. The molecule has 0 spiro atoms. The normalized spacial score (nSPS) is 27.1. The van der Waals surface area contributed by atoms with E-state index in [0.29, 0.717) is 13.2 Å². The van der Waals surface area contributed by atoms with Crippen LogP contribution >= 0.6 is 0 Å². The van der Waals surface area contributed by atoms with Crippen molar-refractivity contribution in [2.24, 2.45) is 5.92 Å². The minimum atomic E-state index is -0.385. The molecule has 0 aromatic carbocycles. The largest absolute Gasteiger partial charge is 0.450 e. The second-order valence-corrected chi connectivity index (χ2v) is 5.18. The lowest BCUT2D eigenvalue weighted by Gasteiger charge is -2.34. The van der Waals surface area contributed by atoms with Gasteiger partial charge in [-0.05, 0) is 32.7 Å². The predicted molar refractivity (Wildman–Crippen MR) is 70.7 cm³/mol. The maximum absolute atomic E-state index is 12.3. The molecule has 19 heavy (non-hydrogen) atoms. The van der Waals surface area contributed by atoms with Crippen LogP contribution in [-0.4, -0.2) is 55.7 Å². The number of nitrogens with one attached hydrogen (secondary N) is 2. The smallest absolute Gasteiger partial charge is 0.407 e. The fraction of sp³-hybridized carbons (Fsp3) is 0.846. The number of likely N-dealkylation sites (tertiary alicyclic amines) is 1. The number of carbonyl (C=O) groups excluding carboxylic acids is 2. The zero-order valence-electron chi connectivity index (χ0n) is 11.5. The van der Waals surface area contributed by atoms with E-state index in [0.717, 1.165) is 38.9 Å². The summed E-state index contributed by atoms with van der Waals surface area (Å²) in [5, 5.41) is 6.04. The molecule has 2 saturated heterocycles. The molecule has 2 fully saturated rings. The monoisotopic (exact) mass is 269 g/mol. The van der Waals surface area contributed by atoms with Gasteiger partial charge in [-0.15, -0.1) is 0 Å². The summed E-state index contributed by atoms with van der Waals surface area (Å²) < 4.78 is 4.88. The third-order valence-electron chi connectivity index (χ3n) is 3.74. The molecule has 0 aromatic heterocycles. The molecule has 2 aliphatic rings. The molecule has 2 aliphatic heterocycles. The summed E-state index contributed by atoms with van der Waals surface area (Å²) in [7, 11) is 0. The number of nitrogens with zero attached hydrogens (tertiary/aromatic N) is 1. The van der Waals surface area contributed by atoms with Crippen LogP contribution in [0.3, 0.4) is 0 Å². The Morgan fingerprint density at radius 2 is 2.26 bits per heavy atom. The van der Waals surface area contributed by atoms with E-state index in [1.807, 2.05) is 4.90 Å². The van der Waals surface area contributed by atoms with Crippen LogP contribution in [-0.2, 0) is 9.53 Å². The molecule has 2 heterocycles. The van der Waals surface area contributed by atoms with Gasteiger partial charge in [-0.3, -0.25) is 4.79 Å². The number of hydrogen-bond acceptors (Lipinski definition) is 4. The molecule has 2 N–H and O–H groups in total. The van der Waals surface area contributed by atoms with E-state index in [9.17, 15) is 9.59 Å². The molecule has 0 aromatic rings. The Morgan fingerprint density at radius 1 is 1.42 bits per heavy atom. The van der Waals surface area contributed by atoms with Crippen molar-refractivity contribution in [3.05, 3.63) is 0 Å². The van der Waals surface area contributed by atoms with Crippen LogP contribution in [0.25, 0.3) is 0 Å². The first-order chi connectivity index (χ1) is 9.20. The maximum Gasteiger partial charge on any atom is 0.407 e. The fourth-order valence-electron chi connectivity index (χ4n) is 2.76. The lowest BCUT2D eigenvalue weighted by Crippen LogP contribution is -2.51. The summed E-state index contributed by atoms with van der Waals surface area (Å²) in [6.07, 6.45) is 2.38. The van der Waals surface area contributed by atoms with Gasteiger partial charge >= 0.3 is 6.09 Å². The zero-order chi connectivity index (χ0) is 13.7. The molecule has 6 heteroatoms. The highest BCUT2D eigenvalue weighted by atomic mass is 16.5. The summed E-state index contributed by atoms with van der Waals surface area (Å²) in [5.74, 6) is 0.335. The van der Waals surface area contributed by atoms with Crippen LogP contribution in [0.2, 0.25) is 0 Å². The summed E-state index contributed by atoms with van der Waals surface area (Å²) >= 11 is 0. The van der Waals surface area contributed by atoms with Crippen LogP contribution in [0, 0.1) is 5.92 Å². The number of piperidine rings is 1. The van der Waals surface area contributed by atoms with E-state index in [2.05, 4.69) is 10.6 Å². The minimum Gasteiger partial charge on any atom is -0.450 e. The summed E-state index contributed by atoms with van der Waals surface area (Å²) in [5.41, 5.74) is 0. The molecular weight excluding hydrogens is 246 g/mol. The van der Waals surface area contributed by atoms with Gasteiger partial charge in [0.05, 0.1) is 12.5 Å². The highest BCUT2D eigenvalue weighted by Crippen LogP contribution is 2.17. The summed E-state index contributed by atoms with van der Waals surface area (Å²) in [6.45, 7) is 5.27. The van der Waals surface area contributed by atoms with E-state index in [4.69, 9.17) is 4.74 Å². The van der Waals surface area contributed by atoms with Crippen LogP contribution in [0.4, 0.5) is 4.79 Å². The molecule has 2 rings (SSSR count). The number of carbonyl (C=O) groups is 2. The molecular formula is C13H23N3O3. The van der Waals surface area contributed by atoms with Crippen molar-refractivity contribution >= 4 is 12.0 Å². The molecule has 6 nitrogen and oxygen atoms in total. The SMILES string of the molecule is CCOC(=O)NC1CCCN(C(=O)C2CCNC2)C1. The van der Waals surface area contributed by atoms with Gasteiger partial charge in [0.25, 0.3) is 0 Å². The molecule has 0 aliphatic carbocycles. The van der Waals surface area contributed by atoms with Crippen molar-refractivity contribution < 1.29 is 14.3 Å². The Hall–Kier alpha value is -1.30. The van der Waals surface area contributed by atoms with Crippen molar-refractivity contribution in [3.8, 4) is 0 Å². The van der Waals surface area contributed by atoms with Crippen LogP contribution in [0.5, 0.6) is 0 Å². The van der Waals surface area contributed by atoms with Gasteiger partial charge in [-0.25, -0.2) is 4.79 Å². The van der Waals surface area contributed by atoms with Crippen LogP contribution in [0.1, 0.15) is 26.2 Å². The van der Waals surface area contributed by atoms with E-state index in [-0.39, 0.29) is 24.0 Å². The van der Waals surface area contributed by atoms with Gasteiger partial charge in [0.1, 0.15) is 0 Å². The predicted octanol–water partition coefficient (Wildman–Crippen LogP) is 0.333. The van der Waals surface area contributed by atoms with Crippen molar-refractivity contribution in [2.75, 3.05) is 32.8 Å². The van der Waals surface area contributed by atoms with Crippen molar-refractivity contribution in [3.63, 3.8) is 0 Å². The standard InChI is InChI=1S/C13H23N3O3/c1-2-19-13(18)15-11-4-3-7-16(9-11)12(17)10-5-6-14-8-10/h10-11,14H,2-9H2,1H3,(H,15,18). The first kappa shape index (κ1) is 14.1. The molecule has 2 unspecified atom stereocenters. The lowest BCUT2D eigenvalue weighted by atomic mass is 10.0. The van der Waals surface area contributed by atoms with Gasteiger partial charge in [-0.1, -0.05) is 0 Å². The highest BCUT2D eigenvalue weighted by Gasteiger charge is 2.31. The number of amides is 2. The van der Waals surface area contributed by atoms with Crippen molar-refractivity contribution in [1.29, 1.82) is 0 Å². The van der Waals surface area contributed by atoms with Crippen LogP contribution in [0.15, 0.2) is 0 Å². The van der Waals surface area contributed by atoms with Crippen molar-refractivity contribution in [2.45, 2.75) is 32.2 Å². The van der Waals surface area contributed by atoms with E-state index >= 15 is 0 Å². The minimum absolute atomic E-state index is 0.0195. The first-order valence-electron chi connectivity index (χ1n) is 7.13. The first-order valence-corrected chi connectivity index (χ1v) is 7.13. The highest BCUT2D eigenvalue weighted by molar-refractivity contribution is 5.79. The maximum atomic E-state index is 12.3. The number of rotatable bonds is 3. The number of alkyl carbamates (subject to hydrolysis) is 1. The second kappa shape index (κ2) is 6.75. The third-order valence-corrected chi connectivity index (χ3v) is 3.74. The Labute approximate surface area is 113 Å². The zero-order valence-corrected chi connectivity index (χ0v) is 11.5. The Morgan fingerprint density at radius 3 is 2.95 bits per heavy atom. The van der Waals surface area contributed by atoms with Gasteiger partial charge in [0.15, 0.2) is 0 Å². The average Bonchev–Trinajstić information content (AvgIpc) is 2.92. The fourth-order valence-corrected chi connectivity index (χ4v) is 2.76. The number of ether oxygens (including phenoxy) is 1. The Balaban J connectivity index is 1.82. The topological polar surface area (TPSA) is 70.7 Å². The lowest BCUT2D eigenvalue weighted by molar-refractivity contribution is -0.136. The quantitative estimate of drug-likeness (QED) is 0.775. The molecule has 2 amide bonds. The second-order valence-electron chi connectivity index (χ2n) is 5.18. The average molecular weight is 269 g/mol. The Kier molecular flexibility index (Phi) is 5.01. The Bertz CT molecular complexity index is 329. The van der Waals surface area contributed by atoms with E-state index in [1.54, 1.807) is 6.92 Å². The molecule has 108 valence electrons. The third kappa shape index (κ3) is 3.83. The van der Waals surface area contributed by atoms with Gasteiger partial charge in [-0.2, -0.15) is 0 Å². The van der Waals surface area contributed by atoms with Gasteiger partial charge in [0.2, 0.25) is 5.91 Å². The molecule has 0 saturated carbocycles. The van der Waals surface area contributed by atoms with E-state index < -0.39 is 0 Å². The van der Waals surface area contributed by atoms with Gasteiger partial charge < -0.3 is 20.3 Å². The number of hydrogen-bond donors (Lipinski definition) is 2. The van der Waals surface area contributed by atoms with Gasteiger partial charge in [0, 0.05) is 25.7 Å². The van der Waals surface area contributed by atoms with Crippen molar-refractivity contribution in [1.82, 2.24) is 15.5 Å². The summed E-state index contributed by atoms with van der Waals surface area (Å²) in [6, 6.07) is 0.0195. The summed E-state index contributed by atoms with van der Waals surface area (Å²) in [4.78, 5) is 25.6.